The van der Waals surface area contributed by atoms with Crippen molar-refractivity contribution < 1.29 is 14.5 Å². The van der Waals surface area contributed by atoms with Crippen molar-refractivity contribution in [2.24, 2.45) is 0 Å². The molecule has 0 N–H and O–H groups in total. The molecule has 6 heteroatoms. The molecule has 0 amide bonds. The maximum absolute atomic E-state index is 11.6. The van der Waals surface area contributed by atoms with Gasteiger partial charge in [0.1, 0.15) is 6.61 Å². The fourth-order valence-corrected chi connectivity index (χ4v) is 1.99. The Labute approximate surface area is 131 Å². The molecule has 112 valence electrons. The third-order valence-electron chi connectivity index (χ3n) is 2.80. The van der Waals surface area contributed by atoms with Gasteiger partial charge in [-0.05, 0) is 29.8 Å². The lowest BCUT2D eigenvalue weighted by molar-refractivity contribution is -0.385. The molecule has 0 spiro atoms. The van der Waals surface area contributed by atoms with Crippen molar-refractivity contribution in [2.45, 2.75) is 6.61 Å². The normalized spacial score (nSPS) is 10.6. The molecule has 0 aromatic heterocycles. The van der Waals surface area contributed by atoms with Gasteiger partial charge in [0, 0.05) is 17.2 Å². The Morgan fingerprint density at radius 3 is 2.73 bits per heavy atom. The van der Waals surface area contributed by atoms with Gasteiger partial charge in [0.05, 0.1) is 10.5 Å². The van der Waals surface area contributed by atoms with E-state index in [9.17, 15) is 14.9 Å². The van der Waals surface area contributed by atoms with Crippen LogP contribution in [-0.4, -0.2) is 10.9 Å². The van der Waals surface area contributed by atoms with Crippen LogP contribution in [0.15, 0.2) is 54.6 Å². The Morgan fingerprint density at radius 1 is 1.23 bits per heavy atom. The Kier molecular flexibility index (Phi) is 5.27. The number of carbonyl (C=O) groups excluding carboxylic acids is 1. The van der Waals surface area contributed by atoms with E-state index < -0.39 is 10.9 Å². The minimum absolute atomic E-state index is 0.0682. The molecule has 0 saturated carbocycles. The SMILES string of the molecule is O=C(/C=C/c1ccccc1[N+](=O)[O-])OCc1cccc(Cl)c1. The molecule has 0 radical (unpaired) electrons. The van der Waals surface area contributed by atoms with Gasteiger partial charge in [-0.3, -0.25) is 10.1 Å². The number of rotatable bonds is 5. The van der Waals surface area contributed by atoms with E-state index in [0.717, 1.165) is 11.6 Å². The maximum atomic E-state index is 11.6. The number of nitro benzene ring substituents is 1. The zero-order valence-electron chi connectivity index (χ0n) is 11.4. The highest BCUT2D eigenvalue weighted by Gasteiger charge is 2.10. The number of esters is 1. The van der Waals surface area contributed by atoms with Gasteiger partial charge in [-0.25, -0.2) is 4.79 Å². The Balaban J connectivity index is 1.99. The highest BCUT2D eigenvalue weighted by atomic mass is 35.5. The highest BCUT2D eigenvalue weighted by Crippen LogP contribution is 2.19. The number of hydrogen-bond donors (Lipinski definition) is 0. The number of nitrogens with zero attached hydrogens (tertiary/aromatic N) is 1. The number of para-hydroxylation sites is 1. The summed E-state index contributed by atoms with van der Waals surface area (Å²) in [6.45, 7) is 0.0839. The topological polar surface area (TPSA) is 69.4 Å². The molecule has 0 bridgehead atoms. The van der Waals surface area contributed by atoms with Crippen LogP contribution in [0.4, 0.5) is 5.69 Å². The van der Waals surface area contributed by atoms with E-state index in [1.807, 2.05) is 0 Å². The first kappa shape index (κ1) is 15.7. The first-order chi connectivity index (χ1) is 10.6. The van der Waals surface area contributed by atoms with E-state index in [4.69, 9.17) is 16.3 Å². The van der Waals surface area contributed by atoms with Crippen LogP contribution in [0.1, 0.15) is 11.1 Å². The van der Waals surface area contributed by atoms with Gasteiger partial charge < -0.3 is 4.74 Å². The van der Waals surface area contributed by atoms with Gasteiger partial charge in [0.25, 0.3) is 5.69 Å². The molecule has 5 nitrogen and oxygen atoms in total. The van der Waals surface area contributed by atoms with Crippen molar-refractivity contribution in [3.05, 3.63) is 80.9 Å². The summed E-state index contributed by atoms with van der Waals surface area (Å²) in [5, 5.41) is 11.4. The maximum Gasteiger partial charge on any atom is 0.331 e. The molecule has 0 heterocycles. The summed E-state index contributed by atoms with van der Waals surface area (Å²) in [4.78, 5) is 22.0. The zero-order chi connectivity index (χ0) is 15.9. The Morgan fingerprint density at radius 2 is 2.00 bits per heavy atom. The van der Waals surface area contributed by atoms with E-state index >= 15 is 0 Å². The molecule has 0 fully saturated rings. The zero-order valence-corrected chi connectivity index (χ0v) is 12.2. The summed E-state index contributed by atoms with van der Waals surface area (Å²) in [7, 11) is 0. The number of halogens is 1. The van der Waals surface area contributed by atoms with Crippen LogP contribution in [-0.2, 0) is 16.1 Å². The smallest absolute Gasteiger partial charge is 0.331 e. The van der Waals surface area contributed by atoms with Crippen LogP contribution < -0.4 is 0 Å². The summed E-state index contributed by atoms with van der Waals surface area (Å²) in [6, 6.07) is 13.1. The number of carbonyl (C=O) groups is 1. The van der Waals surface area contributed by atoms with E-state index in [1.54, 1.807) is 42.5 Å². The van der Waals surface area contributed by atoms with Crippen LogP contribution >= 0.6 is 11.6 Å². The molecule has 0 unspecified atom stereocenters. The van der Waals surface area contributed by atoms with Crippen molar-refractivity contribution >= 4 is 29.3 Å². The van der Waals surface area contributed by atoms with Crippen molar-refractivity contribution in [3.63, 3.8) is 0 Å². The molecule has 0 aliphatic heterocycles. The molecule has 0 atom stereocenters. The lowest BCUT2D eigenvalue weighted by Crippen LogP contribution is -2.00. The fourth-order valence-electron chi connectivity index (χ4n) is 1.78. The lowest BCUT2D eigenvalue weighted by atomic mass is 10.1. The monoisotopic (exact) mass is 317 g/mol. The molecule has 22 heavy (non-hydrogen) atoms. The fraction of sp³-hybridized carbons (Fsp3) is 0.0625. The predicted octanol–water partition coefficient (Wildman–Crippen LogP) is 4.00. The lowest BCUT2D eigenvalue weighted by Gasteiger charge is -2.02. The summed E-state index contributed by atoms with van der Waals surface area (Å²) in [6.07, 6.45) is 2.52. The molecule has 2 rings (SSSR count). The van der Waals surface area contributed by atoms with Crippen LogP contribution in [0.5, 0.6) is 0 Å². The van der Waals surface area contributed by atoms with Crippen LogP contribution in [0, 0.1) is 10.1 Å². The third kappa shape index (κ3) is 4.43. The van der Waals surface area contributed by atoms with Gasteiger partial charge >= 0.3 is 5.97 Å². The number of hydrogen-bond acceptors (Lipinski definition) is 4. The minimum atomic E-state index is -0.585. The Bertz CT molecular complexity index is 728. The van der Waals surface area contributed by atoms with Crippen LogP contribution in [0.2, 0.25) is 5.02 Å². The van der Waals surface area contributed by atoms with E-state index in [2.05, 4.69) is 0 Å². The van der Waals surface area contributed by atoms with Gasteiger partial charge in [0.2, 0.25) is 0 Å². The van der Waals surface area contributed by atoms with Gasteiger partial charge in [0.15, 0.2) is 0 Å². The van der Waals surface area contributed by atoms with Gasteiger partial charge in [-0.1, -0.05) is 35.9 Å². The second-order valence-electron chi connectivity index (χ2n) is 4.39. The van der Waals surface area contributed by atoms with E-state index in [0.29, 0.717) is 10.6 Å². The largest absolute Gasteiger partial charge is 0.458 e. The third-order valence-corrected chi connectivity index (χ3v) is 3.04. The number of benzene rings is 2. The second kappa shape index (κ2) is 7.38. The van der Waals surface area contributed by atoms with E-state index in [-0.39, 0.29) is 12.3 Å². The first-order valence-electron chi connectivity index (χ1n) is 6.39. The van der Waals surface area contributed by atoms with Crippen LogP contribution in [0.25, 0.3) is 6.08 Å². The Hall–Kier alpha value is -2.66. The van der Waals surface area contributed by atoms with Gasteiger partial charge in [-0.2, -0.15) is 0 Å². The molecular weight excluding hydrogens is 306 g/mol. The summed E-state index contributed by atoms with van der Waals surface area (Å²) >= 11 is 5.83. The quantitative estimate of drug-likeness (QED) is 0.361. The molecule has 2 aromatic carbocycles. The molecular formula is C16H12ClNO4. The first-order valence-corrected chi connectivity index (χ1v) is 6.77. The average Bonchev–Trinajstić information content (AvgIpc) is 2.51. The molecule has 0 aliphatic carbocycles. The van der Waals surface area contributed by atoms with Crippen LogP contribution in [0.3, 0.4) is 0 Å². The highest BCUT2D eigenvalue weighted by molar-refractivity contribution is 6.30. The summed E-state index contributed by atoms with van der Waals surface area (Å²) < 4.78 is 5.05. The minimum Gasteiger partial charge on any atom is -0.458 e. The number of ether oxygens (including phenoxy) is 1. The molecule has 0 saturated heterocycles. The van der Waals surface area contributed by atoms with Crippen molar-refractivity contribution in [1.82, 2.24) is 0 Å². The summed E-state index contributed by atoms with van der Waals surface area (Å²) in [5.74, 6) is -0.585. The average molecular weight is 318 g/mol. The molecule has 0 aliphatic rings. The number of nitro groups is 1. The van der Waals surface area contributed by atoms with Gasteiger partial charge in [-0.15, -0.1) is 0 Å². The second-order valence-corrected chi connectivity index (χ2v) is 4.82. The van der Waals surface area contributed by atoms with Crippen molar-refractivity contribution in [3.8, 4) is 0 Å². The molecule has 2 aromatic rings. The van der Waals surface area contributed by atoms with Crippen molar-refractivity contribution in [2.75, 3.05) is 0 Å². The summed E-state index contributed by atoms with van der Waals surface area (Å²) in [5.41, 5.74) is 1.04. The standard InChI is InChI=1S/C16H12ClNO4/c17-14-6-3-4-12(10-14)11-22-16(19)9-8-13-5-1-2-7-15(13)18(20)21/h1-10H,11H2/b9-8+. The van der Waals surface area contributed by atoms with Crippen molar-refractivity contribution in [1.29, 1.82) is 0 Å². The van der Waals surface area contributed by atoms with E-state index in [1.165, 1.54) is 12.1 Å². The predicted molar refractivity (Wildman–Crippen MR) is 83.4 cm³/mol.